The summed E-state index contributed by atoms with van der Waals surface area (Å²) in [5.41, 5.74) is 0.0689. The minimum atomic E-state index is -1.07. The quantitative estimate of drug-likeness (QED) is 0.349. The van der Waals surface area contributed by atoms with Crippen molar-refractivity contribution in [1.82, 2.24) is 10.6 Å². The van der Waals surface area contributed by atoms with E-state index in [4.69, 9.17) is 14.2 Å². The van der Waals surface area contributed by atoms with Gasteiger partial charge in [0.15, 0.2) is 0 Å². The van der Waals surface area contributed by atoms with Crippen LogP contribution in [0.2, 0.25) is 0 Å². The van der Waals surface area contributed by atoms with Crippen LogP contribution in [0.25, 0.3) is 0 Å². The summed E-state index contributed by atoms with van der Waals surface area (Å²) in [6, 6.07) is 8.13. The largest absolute Gasteiger partial charge is 0.462 e. The molecule has 1 aromatic carbocycles. The number of hydrogen-bond donors (Lipinski definition) is 2. The second-order valence-electron chi connectivity index (χ2n) is 12.0. The molecule has 0 heterocycles. The molecule has 0 unspecified atom stereocenters. The molecule has 4 saturated carbocycles. The summed E-state index contributed by atoms with van der Waals surface area (Å²) >= 11 is 0. The molecule has 0 aliphatic heterocycles. The van der Waals surface area contributed by atoms with Crippen molar-refractivity contribution < 1.29 is 33.4 Å². The first kappa shape index (κ1) is 27.9. The lowest BCUT2D eigenvalue weighted by Crippen LogP contribution is -2.50. The Morgan fingerprint density at radius 1 is 0.921 bits per heavy atom. The van der Waals surface area contributed by atoms with Gasteiger partial charge in [-0.05, 0) is 88.5 Å². The Hall–Kier alpha value is -3.10. The zero-order valence-corrected chi connectivity index (χ0v) is 22.6. The molecule has 0 aromatic heterocycles. The maximum absolute atomic E-state index is 12.9. The fraction of sp³-hybridized carbons (Fsp3) is 0.655. The lowest BCUT2D eigenvalue weighted by atomic mass is 9.55. The number of ether oxygens (including phenoxy) is 3. The molecule has 9 nitrogen and oxygen atoms in total. The van der Waals surface area contributed by atoms with Crippen molar-refractivity contribution >= 4 is 23.9 Å². The van der Waals surface area contributed by atoms with Gasteiger partial charge in [-0.2, -0.15) is 0 Å². The van der Waals surface area contributed by atoms with Crippen LogP contribution >= 0.6 is 0 Å². The second kappa shape index (κ2) is 12.2. The predicted octanol–water partition coefficient (Wildman–Crippen LogP) is 3.89. The summed E-state index contributed by atoms with van der Waals surface area (Å²) < 4.78 is 16.4. The molecule has 1 atom stereocenters. The summed E-state index contributed by atoms with van der Waals surface area (Å²) in [7, 11) is 0. The van der Waals surface area contributed by atoms with E-state index in [-0.39, 0.29) is 38.1 Å². The van der Waals surface area contributed by atoms with E-state index < -0.39 is 29.6 Å². The highest BCUT2D eigenvalue weighted by Gasteiger charge is 2.49. The van der Waals surface area contributed by atoms with Crippen molar-refractivity contribution in [3.63, 3.8) is 0 Å². The third-order valence-corrected chi connectivity index (χ3v) is 7.70. The molecule has 38 heavy (non-hydrogen) atoms. The molecule has 2 amide bonds. The molecule has 208 valence electrons. The molecule has 4 bridgehead atoms. The smallest absolute Gasteiger partial charge is 0.408 e. The maximum atomic E-state index is 12.9. The van der Waals surface area contributed by atoms with Crippen LogP contribution in [0.5, 0.6) is 0 Å². The van der Waals surface area contributed by atoms with Crippen molar-refractivity contribution in [2.45, 2.75) is 90.1 Å². The van der Waals surface area contributed by atoms with Gasteiger partial charge >= 0.3 is 18.0 Å². The summed E-state index contributed by atoms with van der Waals surface area (Å²) in [5.74, 6) is 0.853. The minimum Gasteiger partial charge on any atom is -0.462 e. The number of carbonyl (C=O) groups excluding carboxylic acids is 4. The number of carbonyl (C=O) groups is 4. The van der Waals surface area contributed by atoms with Gasteiger partial charge in [-0.25, -0.2) is 4.79 Å². The highest BCUT2D eigenvalue weighted by molar-refractivity contribution is 5.88. The van der Waals surface area contributed by atoms with Crippen LogP contribution in [0, 0.1) is 23.7 Å². The number of rotatable bonds is 10. The lowest BCUT2D eigenvalue weighted by molar-refractivity contribution is -0.171. The highest BCUT2D eigenvalue weighted by Crippen LogP contribution is 2.54. The van der Waals surface area contributed by atoms with Crippen LogP contribution in [0.3, 0.4) is 0 Å². The molecular formula is C29H40N2O7. The van der Waals surface area contributed by atoms with E-state index >= 15 is 0 Å². The van der Waals surface area contributed by atoms with Gasteiger partial charge < -0.3 is 24.8 Å². The van der Waals surface area contributed by atoms with Crippen molar-refractivity contribution in [2.75, 3.05) is 6.54 Å². The zero-order valence-electron chi connectivity index (χ0n) is 22.6. The van der Waals surface area contributed by atoms with E-state index in [1.54, 1.807) is 20.8 Å². The number of hydrogen-bond acceptors (Lipinski definition) is 7. The molecule has 0 radical (unpaired) electrons. The molecular weight excluding hydrogens is 488 g/mol. The van der Waals surface area contributed by atoms with E-state index in [0.717, 1.165) is 43.1 Å². The standard InChI is InChI=1S/C29H40N2O7/c1-29(2,3)38-28(35)31-23(27(34)30-16-25(33)36-17-18-7-5-4-6-8-18)9-10-24(32)37-26-21-12-19-11-20(14-21)15-22(26)13-19/h4-8,19-23,26H,9-17H2,1-3H3,(H,30,34)(H,31,35)/t19?,20?,21?,22?,23-,26?/m0/s1. The molecule has 4 fully saturated rings. The van der Waals surface area contributed by atoms with Gasteiger partial charge in [0.25, 0.3) is 0 Å². The van der Waals surface area contributed by atoms with Crippen LogP contribution in [0.4, 0.5) is 4.79 Å². The summed E-state index contributed by atoms with van der Waals surface area (Å²) in [5, 5.41) is 5.03. The second-order valence-corrected chi connectivity index (χ2v) is 12.0. The van der Waals surface area contributed by atoms with E-state index in [0.29, 0.717) is 11.8 Å². The van der Waals surface area contributed by atoms with Crippen LogP contribution in [0.1, 0.15) is 71.3 Å². The van der Waals surface area contributed by atoms with Gasteiger partial charge in [0.1, 0.15) is 30.9 Å². The Bertz CT molecular complexity index is 976. The average Bonchev–Trinajstić information content (AvgIpc) is 2.85. The third kappa shape index (κ3) is 7.95. The molecule has 4 aliphatic carbocycles. The molecule has 0 saturated heterocycles. The predicted molar refractivity (Wildman–Crippen MR) is 139 cm³/mol. The van der Waals surface area contributed by atoms with Gasteiger partial charge in [0.2, 0.25) is 5.91 Å². The Morgan fingerprint density at radius 2 is 1.55 bits per heavy atom. The maximum Gasteiger partial charge on any atom is 0.408 e. The number of benzene rings is 1. The first-order chi connectivity index (χ1) is 18.1. The van der Waals surface area contributed by atoms with Crippen LogP contribution in [0.15, 0.2) is 30.3 Å². The summed E-state index contributed by atoms with van der Waals surface area (Å²) in [6.45, 7) is 4.87. The zero-order chi connectivity index (χ0) is 27.3. The van der Waals surface area contributed by atoms with Crippen molar-refractivity contribution in [3.05, 3.63) is 35.9 Å². The molecule has 0 spiro atoms. The Morgan fingerprint density at radius 3 is 2.16 bits per heavy atom. The number of esters is 2. The van der Waals surface area contributed by atoms with Crippen molar-refractivity contribution in [3.8, 4) is 0 Å². The number of nitrogens with one attached hydrogen (secondary N) is 2. The summed E-state index contributed by atoms with van der Waals surface area (Å²) in [6.07, 6.45) is 5.03. The van der Waals surface area contributed by atoms with Gasteiger partial charge in [-0.1, -0.05) is 30.3 Å². The van der Waals surface area contributed by atoms with Crippen molar-refractivity contribution in [1.29, 1.82) is 0 Å². The molecule has 4 aliphatic rings. The van der Waals surface area contributed by atoms with Gasteiger partial charge in [0.05, 0.1) is 0 Å². The molecule has 9 heteroatoms. The Balaban J connectivity index is 1.27. The fourth-order valence-corrected chi connectivity index (χ4v) is 6.33. The first-order valence-corrected chi connectivity index (χ1v) is 13.7. The normalized spacial score (nSPS) is 26.2. The van der Waals surface area contributed by atoms with E-state index in [2.05, 4.69) is 10.6 Å². The van der Waals surface area contributed by atoms with Crippen LogP contribution < -0.4 is 10.6 Å². The van der Waals surface area contributed by atoms with E-state index in [1.807, 2.05) is 30.3 Å². The Labute approximate surface area is 224 Å². The number of amides is 2. The SMILES string of the molecule is CC(C)(C)OC(=O)N[C@@H](CCC(=O)OC1C2CC3CC(C2)CC1C3)C(=O)NCC(=O)OCc1ccccc1. The monoisotopic (exact) mass is 528 g/mol. The average molecular weight is 529 g/mol. The fourth-order valence-electron chi connectivity index (χ4n) is 6.33. The number of alkyl carbamates (subject to hydrolysis) is 1. The van der Waals surface area contributed by atoms with Gasteiger partial charge in [-0.15, -0.1) is 0 Å². The topological polar surface area (TPSA) is 120 Å². The molecule has 1 aromatic rings. The van der Waals surface area contributed by atoms with E-state index in [1.165, 1.54) is 6.42 Å². The summed E-state index contributed by atoms with van der Waals surface area (Å²) in [4.78, 5) is 50.2. The minimum absolute atomic E-state index is 0.0241. The lowest BCUT2D eigenvalue weighted by Gasteiger charge is -2.53. The van der Waals surface area contributed by atoms with Crippen LogP contribution in [-0.4, -0.2) is 48.2 Å². The third-order valence-electron chi connectivity index (χ3n) is 7.70. The van der Waals surface area contributed by atoms with Gasteiger partial charge in [0, 0.05) is 6.42 Å². The highest BCUT2D eigenvalue weighted by atomic mass is 16.6. The van der Waals surface area contributed by atoms with Crippen LogP contribution in [-0.2, 0) is 35.2 Å². The Kier molecular flexibility index (Phi) is 8.95. The molecule has 5 rings (SSSR count). The molecule has 2 N–H and O–H groups in total. The van der Waals surface area contributed by atoms with E-state index in [9.17, 15) is 19.2 Å². The van der Waals surface area contributed by atoms with Crippen molar-refractivity contribution in [2.24, 2.45) is 23.7 Å². The van der Waals surface area contributed by atoms with Gasteiger partial charge in [-0.3, -0.25) is 14.4 Å². The first-order valence-electron chi connectivity index (χ1n) is 13.7.